The van der Waals surface area contributed by atoms with E-state index in [0.29, 0.717) is 11.0 Å². The fraction of sp³-hybridized carbons (Fsp3) is 0.167. The first-order valence-electron chi connectivity index (χ1n) is 5.46. The Labute approximate surface area is 123 Å². The van der Waals surface area contributed by atoms with Gasteiger partial charge in [0.25, 0.3) is 0 Å². The van der Waals surface area contributed by atoms with E-state index in [9.17, 15) is 14.3 Å². The van der Waals surface area contributed by atoms with Crippen LogP contribution in [-0.2, 0) is 11.3 Å². The molecule has 0 unspecified atom stereocenters. The summed E-state index contributed by atoms with van der Waals surface area (Å²) in [5.74, 6) is -2.15. The van der Waals surface area contributed by atoms with Crippen LogP contribution < -0.4 is 5.32 Å². The normalized spacial score (nSPS) is 10.3. The molecule has 2 rings (SSSR count). The molecule has 0 radical (unpaired) electrons. The Balaban J connectivity index is 2.21. The fourth-order valence-corrected chi connectivity index (χ4v) is 2.43. The van der Waals surface area contributed by atoms with Gasteiger partial charge >= 0.3 is 5.97 Å². The zero-order valence-corrected chi connectivity index (χ0v) is 11.9. The smallest absolute Gasteiger partial charge is 0.338 e. The van der Waals surface area contributed by atoms with E-state index in [1.54, 1.807) is 6.20 Å². The van der Waals surface area contributed by atoms with Crippen LogP contribution in [0.25, 0.3) is 0 Å². The number of aromatic nitrogens is 1. The number of benzene rings is 1. The molecule has 2 N–H and O–H groups in total. The number of thiazole rings is 1. The van der Waals surface area contributed by atoms with Gasteiger partial charge in [-0.15, -0.1) is 11.3 Å². The van der Waals surface area contributed by atoms with Gasteiger partial charge in [0.15, 0.2) is 16.0 Å². The maximum atomic E-state index is 13.5. The second-order valence-corrected chi connectivity index (χ2v) is 5.48. The topological polar surface area (TPSA) is 71.5 Å². The van der Waals surface area contributed by atoms with Crippen molar-refractivity contribution in [2.45, 2.75) is 6.54 Å². The van der Waals surface area contributed by atoms with Crippen molar-refractivity contribution in [2.75, 3.05) is 12.4 Å². The lowest BCUT2D eigenvalue weighted by atomic mass is 10.1. The summed E-state index contributed by atoms with van der Waals surface area (Å²) in [5.41, 5.74) is 0.0996. The second kappa shape index (κ2) is 6.06. The third-order valence-electron chi connectivity index (χ3n) is 2.46. The molecule has 0 saturated heterocycles. The molecule has 106 valence electrons. The van der Waals surface area contributed by atoms with Crippen molar-refractivity contribution in [2.24, 2.45) is 0 Å². The Kier molecular flexibility index (Phi) is 4.41. The molecule has 0 aliphatic carbocycles. The summed E-state index contributed by atoms with van der Waals surface area (Å²) in [7, 11) is 1.19. The fourth-order valence-electron chi connectivity index (χ4n) is 1.52. The molecule has 20 heavy (non-hydrogen) atoms. The van der Waals surface area contributed by atoms with Gasteiger partial charge in [-0.05, 0) is 12.1 Å². The van der Waals surface area contributed by atoms with Crippen molar-refractivity contribution in [3.05, 3.63) is 39.1 Å². The standard InChI is InChI=1S/C12H10ClFN2O3S/c1-19-11(18)6-2-8(14)10(17)9(3-6)15-4-7-5-16-12(13)20-7/h2-3,5,15,17H,4H2,1H3. The first-order chi connectivity index (χ1) is 9.51. The lowest BCUT2D eigenvalue weighted by molar-refractivity contribution is 0.0600. The Morgan fingerprint density at radius 2 is 2.35 bits per heavy atom. The number of ether oxygens (including phenoxy) is 1. The van der Waals surface area contributed by atoms with E-state index in [1.165, 1.54) is 24.5 Å². The zero-order chi connectivity index (χ0) is 14.7. The van der Waals surface area contributed by atoms with Crippen LogP contribution >= 0.6 is 22.9 Å². The van der Waals surface area contributed by atoms with Crippen LogP contribution in [0.3, 0.4) is 0 Å². The molecule has 0 amide bonds. The predicted molar refractivity (Wildman–Crippen MR) is 73.9 cm³/mol. The van der Waals surface area contributed by atoms with Gasteiger partial charge in [-0.2, -0.15) is 0 Å². The van der Waals surface area contributed by atoms with Gasteiger partial charge < -0.3 is 15.2 Å². The molecule has 0 saturated carbocycles. The van der Waals surface area contributed by atoms with Crippen LogP contribution in [0, 0.1) is 5.82 Å². The first-order valence-corrected chi connectivity index (χ1v) is 6.65. The van der Waals surface area contributed by atoms with E-state index < -0.39 is 17.5 Å². The maximum Gasteiger partial charge on any atom is 0.338 e. The van der Waals surface area contributed by atoms with E-state index in [1.807, 2.05) is 0 Å². The number of rotatable bonds is 4. The maximum absolute atomic E-state index is 13.5. The molecule has 0 fully saturated rings. The van der Waals surface area contributed by atoms with Crippen LogP contribution in [0.5, 0.6) is 5.75 Å². The highest BCUT2D eigenvalue weighted by atomic mass is 35.5. The number of aromatic hydroxyl groups is 1. The van der Waals surface area contributed by atoms with Crippen molar-refractivity contribution in [1.29, 1.82) is 0 Å². The van der Waals surface area contributed by atoms with E-state index in [-0.39, 0.29) is 11.3 Å². The lowest BCUT2D eigenvalue weighted by Crippen LogP contribution is -2.05. The molecule has 0 aliphatic heterocycles. The molecule has 2 aromatic rings. The SMILES string of the molecule is COC(=O)c1cc(F)c(O)c(NCc2cnc(Cl)s2)c1. The number of halogens is 2. The van der Waals surface area contributed by atoms with Crippen molar-refractivity contribution in [3.63, 3.8) is 0 Å². The van der Waals surface area contributed by atoms with E-state index >= 15 is 0 Å². The summed E-state index contributed by atoms with van der Waals surface area (Å²) in [6.07, 6.45) is 1.57. The first kappa shape index (κ1) is 14.5. The number of nitrogens with one attached hydrogen (secondary N) is 1. The number of anilines is 1. The van der Waals surface area contributed by atoms with E-state index in [4.69, 9.17) is 11.6 Å². The number of hydrogen-bond donors (Lipinski definition) is 2. The second-order valence-electron chi connectivity index (χ2n) is 3.78. The van der Waals surface area contributed by atoms with Gasteiger partial charge in [0.05, 0.1) is 24.9 Å². The zero-order valence-electron chi connectivity index (χ0n) is 10.3. The quantitative estimate of drug-likeness (QED) is 0.670. The Morgan fingerprint density at radius 3 is 2.95 bits per heavy atom. The van der Waals surface area contributed by atoms with Gasteiger partial charge in [0.1, 0.15) is 0 Å². The Bertz CT molecular complexity index is 648. The monoisotopic (exact) mass is 316 g/mol. The van der Waals surface area contributed by atoms with Crippen molar-refractivity contribution in [3.8, 4) is 5.75 Å². The number of phenols is 1. The van der Waals surface area contributed by atoms with Crippen LogP contribution in [0.15, 0.2) is 18.3 Å². The molecule has 8 heteroatoms. The summed E-state index contributed by atoms with van der Waals surface area (Å²) < 4.78 is 18.4. The number of carbonyl (C=O) groups is 1. The molecular formula is C12H10ClFN2O3S. The number of phenolic OH excluding ortho intramolecular Hbond substituents is 1. The molecule has 0 aliphatic rings. The summed E-state index contributed by atoms with van der Waals surface area (Å²) in [6.45, 7) is 0.294. The molecule has 0 atom stereocenters. The number of methoxy groups -OCH3 is 1. The molecule has 1 aromatic carbocycles. The van der Waals surface area contributed by atoms with Gasteiger partial charge in [-0.1, -0.05) is 11.6 Å². The van der Waals surface area contributed by atoms with Crippen LogP contribution in [0.4, 0.5) is 10.1 Å². The third-order valence-corrected chi connectivity index (χ3v) is 3.58. The van der Waals surface area contributed by atoms with Crippen molar-refractivity contribution >= 4 is 34.6 Å². The average molecular weight is 317 g/mol. The minimum absolute atomic E-state index is 0.00707. The highest BCUT2D eigenvalue weighted by Gasteiger charge is 2.15. The minimum atomic E-state index is -0.905. The molecule has 0 bridgehead atoms. The summed E-state index contributed by atoms with van der Waals surface area (Å²) in [5, 5.41) is 12.4. The highest BCUT2D eigenvalue weighted by Crippen LogP contribution is 2.29. The van der Waals surface area contributed by atoms with Crippen molar-refractivity contribution < 1.29 is 19.0 Å². The summed E-state index contributed by atoms with van der Waals surface area (Å²) in [4.78, 5) is 16.0. The molecule has 5 nitrogen and oxygen atoms in total. The third kappa shape index (κ3) is 3.17. The molecular weight excluding hydrogens is 307 g/mol. The van der Waals surface area contributed by atoms with Gasteiger partial charge in [-0.3, -0.25) is 0 Å². The van der Waals surface area contributed by atoms with Gasteiger partial charge in [0.2, 0.25) is 0 Å². The predicted octanol–water partition coefficient (Wildman–Crippen LogP) is 3.04. The van der Waals surface area contributed by atoms with E-state index in [2.05, 4.69) is 15.0 Å². The van der Waals surface area contributed by atoms with Crippen LogP contribution in [0.1, 0.15) is 15.2 Å². The minimum Gasteiger partial charge on any atom is -0.503 e. The van der Waals surface area contributed by atoms with E-state index in [0.717, 1.165) is 10.9 Å². The largest absolute Gasteiger partial charge is 0.503 e. The molecule has 1 heterocycles. The highest BCUT2D eigenvalue weighted by molar-refractivity contribution is 7.15. The molecule has 0 spiro atoms. The Morgan fingerprint density at radius 1 is 1.60 bits per heavy atom. The Hall–Kier alpha value is -1.86. The van der Waals surface area contributed by atoms with Gasteiger partial charge in [-0.25, -0.2) is 14.2 Å². The molecule has 1 aromatic heterocycles. The number of carbonyl (C=O) groups excluding carboxylic acids is 1. The van der Waals surface area contributed by atoms with Crippen LogP contribution in [-0.4, -0.2) is 23.2 Å². The average Bonchev–Trinajstić information content (AvgIpc) is 2.85. The summed E-state index contributed by atoms with van der Waals surface area (Å²) in [6, 6.07) is 2.23. The number of hydrogen-bond acceptors (Lipinski definition) is 6. The van der Waals surface area contributed by atoms with Crippen LogP contribution in [0.2, 0.25) is 4.47 Å². The summed E-state index contributed by atoms with van der Waals surface area (Å²) >= 11 is 6.95. The van der Waals surface area contributed by atoms with Gasteiger partial charge in [0, 0.05) is 11.1 Å². The number of nitrogens with zero attached hydrogens (tertiary/aromatic N) is 1. The lowest BCUT2D eigenvalue weighted by Gasteiger charge is -2.09. The number of esters is 1. The van der Waals surface area contributed by atoms with Crippen molar-refractivity contribution in [1.82, 2.24) is 4.98 Å².